The maximum absolute atomic E-state index is 12.2. The summed E-state index contributed by atoms with van der Waals surface area (Å²) in [5, 5.41) is 2.99. The second-order valence-electron chi connectivity index (χ2n) is 6.49. The van der Waals surface area contributed by atoms with Gasteiger partial charge in [-0.15, -0.1) is 0 Å². The van der Waals surface area contributed by atoms with Gasteiger partial charge in [0.2, 0.25) is 0 Å². The standard InChI is InChI=1S/C19H25N3O2/c1-14(2)24-18(23)22-13-12-15(19(22,3)4)8-6-9-16-10-7-11-17(20-5)21-16/h7-8,10-11,14H,12-13H2,1-5H3,(H,20,21)/b15-8+. The molecule has 1 saturated heterocycles. The lowest BCUT2D eigenvalue weighted by atomic mass is 9.95. The Morgan fingerprint density at radius 2 is 2.21 bits per heavy atom. The van der Waals surface area contributed by atoms with Crippen LogP contribution in [-0.4, -0.2) is 41.2 Å². The molecule has 1 fully saturated rings. The predicted octanol–water partition coefficient (Wildman–Crippen LogP) is 3.43. The molecule has 1 aliphatic heterocycles. The maximum atomic E-state index is 12.2. The van der Waals surface area contributed by atoms with E-state index in [-0.39, 0.29) is 17.7 Å². The van der Waals surface area contributed by atoms with E-state index in [0.29, 0.717) is 12.2 Å². The Hall–Kier alpha value is -2.48. The lowest BCUT2D eigenvalue weighted by Gasteiger charge is -2.32. The molecule has 1 amide bonds. The molecule has 2 rings (SSSR count). The Bertz CT molecular complexity index is 696. The average Bonchev–Trinajstić information content (AvgIpc) is 2.82. The van der Waals surface area contributed by atoms with E-state index in [0.717, 1.165) is 17.8 Å². The monoisotopic (exact) mass is 327 g/mol. The highest BCUT2D eigenvalue weighted by Crippen LogP contribution is 2.34. The van der Waals surface area contributed by atoms with Crippen LogP contribution in [0.15, 0.2) is 29.8 Å². The Balaban J connectivity index is 2.14. The molecular weight excluding hydrogens is 302 g/mol. The Labute approximate surface area is 144 Å². The first kappa shape index (κ1) is 17.9. The molecule has 1 aromatic rings. The summed E-state index contributed by atoms with van der Waals surface area (Å²) in [6.45, 7) is 8.41. The highest BCUT2D eigenvalue weighted by atomic mass is 16.6. The van der Waals surface area contributed by atoms with Crippen molar-refractivity contribution < 1.29 is 9.53 Å². The minimum Gasteiger partial charge on any atom is -0.447 e. The van der Waals surface area contributed by atoms with E-state index in [1.807, 2.05) is 59.0 Å². The van der Waals surface area contributed by atoms with Gasteiger partial charge in [-0.2, -0.15) is 0 Å². The second kappa shape index (κ2) is 7.39. The lowest BCUT2D eigenvalue weighted by Crippen LogP contribution is -2.44. The molecule has 128 valence electrons. The van der Waals surface area contributed by atoms with Crippen molar-refractivity contribution in [1.29, 1.82) is 0 Å². The molecule has 0 atom stereocenters. The van der Waals surface area contributed by atoms with Gasteiger partial charge in [-0.25, -0.2) is 9.78 Å². The molecule has 0 aromatic carbocycles. The van der Waals surface area contributed by atoms with Crippen LogP contribution in [0, 0.1) is 11.8 Å². The van der Waals surface area contributed by atoms with Crippen molar-refractivity contribution in [2.75, 3.05) is 18.9 Å². The number of anilines is 1. The normalized spacial score (nSPS) is 17.6. The van der Waals surface area contributed by atoms with Gasteiger partial charge >= 0.3 is 6.09 Å². The van der Waals surface area contributed by atoms with Gasteiger partial charge in [0.25, 0.3) is 0 Å². The van der Waals surface area contributed by atoms with Crippen molar-refractivity contribution in [3.8, 4) is 11.8 Å². The summed E-state index contributed by atoms with van der Waals surface area (Å²) in [6, 6.07) is 5.68. The molecule has 0 bridgehead atoms. The molecule has 0 radical (unpaired) electrons. The zero-order valence-electron chi connectivity index (χ0n) is 15.0. The molecule has 0 spiro atoms. The minimum absolute atomic E-state index is 0.119. The van der Waals surface area contributed by atoms with Gasteiger partial charge in [0.15, 0.2) is 0 Å². The van der Waals surface area contributed by atoms with E-state index in [1.165, 1.54) is 0 Å². The predicted molar refractivity (Wildman–Crippen MR) is 95.8 cm³/mol. The first-order chi connectivity index (χ1) is 11.3. The van der Waals surface area contributed by atoms with E-state index >= 15 is 0 Å². The zero-order valence-corrected chi connectivity index (χ0v) is 15.0. The van der Waals surface area contributed by atoms with Crippen LogP contribution >= 0.6 is 0 Å². The molecule has 5 heteroatoms. The number of likely N-dealkylation sites (tertiary alicyclic amines) is 1. The van der Waals surface area contributed by atoms with E-state index in [1.54, 1.807) is 4.90 Å². The van der Waals surface area contributed by atoms with Gasteiger partial charge < -0.3 is 10.1 Å². The number of allylic oxidation sites excluding steroid dienone is 1. The fourth-order valence-corrected chi connectivity index (χ4v) is 2.67. The van der Waals surface area contributed by atoms with Gasteiger partial charge in [0.05, 0.1) is 11.6 Å². The highest BCUT2D eigenvalue weighted by molar-refractivity contribution is 5.70. The number of amides is 1. The van der Waals surface area contributed by atoms with Crippen molar-refractivity contribution in [1.82, 2.24) is 9.88 Å². The fraction of sp³-hybridized carbons (Fsp3) is 0.474. The first-order valence-electron chi connectivity index (χ1n) is 8.18. The number of rotatable bonds is 2. The third kappa shape index (κ3) is 4.08. The van der Waals surface area contributed by atoms with Crippen molar-refractivity contribution in [2.24, 2.45) is 0 Å². The summed E-state index contributed by atoms with van der Waals surface area (Å²) in [5.74, 6) is 6.91. The Morgan fingerprint density at radius 3 is 2.88 bits per heavy atom. The second-order valence-corrected chi connectivity index (χ2v) is 6.49. The molecule has 24 heavy (non-hydrogen) atoms. The number of pyridine rings is 1. The molecule has 5 nitrogen and oxygen atoms in total. The van der Waals surface area contributed by atoms with Crippen LogP contribution in [0.2, 0.25) is 0 Å². The van der Waals surface area contributed by atoms with Crippen molar-refractivity contribution in [3.63, 3.8) is 0 Å². The van der Waals surface area contributed by atoms with Gasteiger partial charge in [-0.1, -0.05) is 12.0 Å². The zero-order chi connectivity index (χ0) is 17.7. The summed E-state index contributed by atoms with van der Waals surface area (Å²) in [7, 11) is 1.83. The summed E-state index contributed by atoms with van der Waals surface area (Å²) >= 11 is 0. The molecule has 0 saturated carbocycles. The Morgan fingerprint density at radius 1 is 1.46 bits per heavy atom. The molecule has 1 aliphatic rings. The van der Waals surface area contributed by atoms with Gasteiger partial charge in [-0.3, -0.25) is 4.90 Å². The fourth-order valence-electron chi connectivity index (χ4n) is 2.67. The van der Waals surface area contributed by atoms with Gasteiger partial charge in [0.1, 0.15) is 11.5 Å². The quantitative estimate of drug-likeness (QED) is 0.846. The lowest BCUT2D eigenvalue weighted by molar-refractivity contribution is 0.0631. The smallest absolute Gasteiger partial charge is 0.410 e. The highest BCUT2D eigenvalue weighted by Gasteiger charge is 2.40. The topological polar surface area (TPSA) is 54.5 Å². The number of ether oxygens (including phenoxy) is 1. The van der Waals surface area contributed by atoms with Crippen LogP contribution in [0.25, 0.3) is 0 Å². The van der Waals surface area contributed by atoms with Crippen molar-refractivity contribution >= 4 is 11.9 Å². The first-order valence-corrected chi connectivity index (χ1v) is 8.18. The number of carbonyl (C=O) groups excluding carboxylic acids is 1. The number of hydrogen-bond acceptors (Lipinski definition) is 4. The molecule has 1 aromatic heterocycles. The Kier molecular flexibility index (Phi) is 5.50. The molecular formula is C19H25N3O2. The van der Waals surface area contributed by atoms with Crippen LogP contribution in [0.3, 0.4) is 0 Å². The molecule has 1 N–H and O–H groups in total. The van der Waals surface area contributed by atoms with E-state index in [9.17, 15) is 4.79 Å². The van der Waals surface area contributed by atoms with Crippen molar-refractivity contribution in [2.45, 2.75) is 45.8 Å². The summed E-state index contributed by atoms with van der Waals surface area (Å²) in [4.78, 5) is 18.3. The third-order valence-corrected chi connectivity index (χ3v) is 4.07. The summed E-state index contributed by atoms with van der Waals surface area (Å²) in [6.07, 6.45) is 2.32. The van der Waals surface area contributed by atoms with Gasteiger partial charge in [0, 0.05) is 13.6 Å². The number of nitrogens with one attached hydrogen (secondary N) is 1. The van der Waals surface area contributed by atoms with Crippen molar-refractivity contribution in [3.05, 3.63) is 35.5 Å². The maximum Gasteiger partial charge on any atom is 0.410 e. The average molecular weight is 327 g/mol. The third-order valence-electron chi connectivity index (χ3n) is 4.07. The molecule has 0 unspecified atom stereocenters. The van der Waals surface area contributed by atoms with Crippen LogP contribution in [0.4, 0.5) is 10.6 Å². The van der Waals surface area contributed by atoms with Crippen LogP contribution < -0.4 is 5.32 Å². The van der Waals surface area contributed by atoms with E-state index < -0.39 is 0 Å². The van der Waals surface area contributed by atoms with Crippen LogP contribution in [0.5, 0.6) is 0 Å². The summed E-state index contributed by atoms with van der Waals surface area (Å²) < 4.78 is 5.32. The van der Waals surface area contributed by atoms with E-state index in [4.69, 9.17) is 4.74 Å². The molecule has 0 aliphatic carbocycles. The van der Waals surface area contributed by atoms with Gasteiger partial charge in [-0.05, 0) is 63.8 Å². The number of hydrogen-bond donors (Lipinski definition) is 1. The van der Waals surface area contributed by atoms with E-state index in [2.05, 4.69) is 22.1 Å². The van der Waals surface area contributed by atoms with Crippen LogP contribution in [0.1, 0.15) is 39.8 Å². The largest absolute Gasteiger partial charge is 0.447 e. The summed E-state index contributed by atoms with van der Waals surface area (Å²) in [5.41, 5.74) is 1.45. The number of nitrogens with zero attached hydrogens (tertiary/aromatic N) is 2. The SMILES string of the molecule is CNc1cccc(C#C/C=C2\CCN(C(=O)OC(C)C)C2(C)C)n1. The number of carbonyl (C=O) groups is 1. The number of aromatic nitrogens is 1. The van der Waals surface area contributed by atoms with Crippen LogP contribution in [-0.2, 0) is 4.74 Å². The molecule has 2 heterocycles. The minimum atomic E-state index is -0.388.